The number of aliphatic hydroxyl groups excluding tert-OH is 1. The van der Waals surface area contributed by atoms with Crippen LogP contribution >= 0.6 is 0 Å². The lowest BCUT2D eigenvalue weighted by atomic mass is 10.1. The predicted molar refractivity (Wildman–Crippen MR) is 128 cm³/mol. The third-order valence-electron chi connectivity index (χ3n) is 6.13. The smallest absolute Gasteiger partial charge is 0.137 e. The van der Waals surface area contributed by atoms with Gasteiger partial charge in [0.25, 0.3) is 0 Å². The van der Waals surface area contributed by atoms with Crippen LogP contribution in [-0.2, 0) is 38.8 Å². The largest absolute Gasteiger partial charge is 0.392 e. The van der Waals surface area contributed by atoms with Gasteiger partial charge in [-0.15, -0.1) is 10.2 Å². The van der Waals surface area contributed by atoms with Crippen LogP contribution in [0.1, 0.15) is 40.5 Å². The number of fused-ring (bicyclic) bond motifs is 1. The molecule has 3 heterocycles. The van der Waals surface area contributed by atoms with Crippen molar-refractivity contribution in [3.05, 3.63) is 101 Å². The van der Waals surface area contributed by atoms with Crippen molar-refractivity contribution < 1.29 is 5.11 Å². The van der Waals surface area contributed by atoms with Crippen LogP contribution in [-0.4, -0.2) is 34.8 Å². The first kappa shape index (κ1) is 21.2. The van der Waals surface area contributed by atoms with Gasteiger partial charge in [0, 0.05) is 42.7 Å². The molecule has 0 saturated carbocycles. The van der Waals surface area contributed by atoms with Crippen LogP contribution in [0.2, 0.25) is 0 Å². The molecule has 0 amide bonds. The fourth-order valence-electron chi connectivity index (χ4n) is 4.32. The second-order valence-electron chi connectivity index (χ2n) is 8.36. The van der Waals surface area contributed by atoms with E-state index in [9.17, 15) is 5.11 Å². The van der Waals surface area contributed by atoms with E-state index in [4.69, 9.17) is 0 Å². The number of H-pyrrole nitrogens is 2. The molecule has 0 atom stereocenters. The molecule has 5 rings (SSSR count). The normalized spacial score (nSPS) is 11.4. The highest BCUT2D eigenvalue weighted by Crippen LogP contribution is 2.20. The molecule has 33 heavy (non-hydrogen) atoms. The highest BCUT2D eigenvalue weighted by molar-refractivity contribution is 5.83. The molecular weight excluding hydrogens is 412 g/mol. The number of hydrogen-bond acceptors (Lipinski definition) is 4. The lowest BCUT2D eigenvalue weighted by Gasteiger charge is -2.11. The Morgan fingerprint density at radius 2 is 1.67 bits per heavy atom. The number of hydrogen-bond donors (Lipinski definition) is 3. The van der Waals surface area contributed by atoms with Gasteiger partial charge in [-0.25, -0.2) is 4.98 Å². The maximum atomic E-state index is 9.31. The van der Waals surface area contributed by atoms with E-state index in [1.807, 2.05) is 18.3 Å². The Bertz CT molecular complexity index is 1300. The molecule has 7 heteroatoms. The molecule has 168 valence electrons. The lowest BCUT2D eigenvalue weighted by Crippen LogP contribution is -2.10. The van der Waals surface area contributed by atoms with Gasteiger partial charge in [0.2, 0.25) is 0 Å². The van der Waals surface area contributed by atoms with Crippen molar-refractivity contribution in [3.8, 4) is 0 Å². The van der Waals surface area contributed by atoms with Crippen molar-refractivity contribution in [2.75, 3.05) is 0 Å². The third kappa shape index (κ3) is 4.88. The van der Waals surface area contributed by atoms with Crippen molar-refractivity contribution in [1.29, 1.82) is 0 Å². The zero-order chi connectivity index (χ0) is 22.5. The number of nitrogens with one attached hydrogen (secondary N) is 2. The Kier molecular flexibility index (Phi) is 6.30. The Hall–Kier alpha value is -3.71. The van der Waals surface area contributed by atoms with Crippen LogP contribution in [0.3, 0.4) is 0 Å². The lowest BCUT2D eigenvalue weighted by molar-refractivity contribution is 0.282. The summed E-state index contributed by atoms with van der Waals surface area (Å²) in [4.78, 5) is 10.7. The van der Waals surface area contributed by atoms with Gasteiger partial charge in [-0.1, -0.05) is 42.5 Å². The minimum atomic E-state index is 0.0572. The zero-order valence-corrected chi connectivity index (χ0v) is 18.5. The first-order valence-electron chi connectivity index (χ1n) is 11.4. The molecule has 0 bridgehead atoms. The van der Waals surface area contributed by atoms with E-state index >= 15 is 0 Å². The van der Waals surface area contributed by atoms with Crippen LogP contribution < -0.4 is 0 Å². The second-order valence-corrected chi connectivity index (χ2v) is 8.36. The van der Waals surface area contributed by atoms with Crippen LogP contribution in [0.15, 0.2) is 67.3 Å². The van der Waals surface area contributed by atoms with Gasteiger partial charge in [-0.2, -0.15) is 0 Å². The van der Waals surface area contributed by atoms with Crippen molar-refractivity contribution in [2.45, 2.75) is 45.3 Å². The number of aromatic nitrogens is 6. The Morgan fingerprint density at radius 1 is 0.848 bits per heavy atom. The van der Waals surface area contributed by atoms with Crippen molar-refractivity contribution in [3.63, 3.8) is 0 Å². The average Bonchev–Trinajstić information content (AvgIpc) is 3.60. The van der Waals surface area contributed by atoms with E-state index in [0.29, 0.717) is 6.42 Å². The first-order valence-corrected chi connectivity index (χ1v) is 11.4. The van der Waals surface area contributed by atoms with Gasteiger partial charge in [0.05, 0.1) is 18.6 Å². The molecule has 0 radical (unpaired) electrons. The summed E-state index contributed by atoms with van der Waals surface area (Å²) >= 11 is 0. The molecule has 0 fully saturated rings. The number of aryl methyl sites for hydroxylation is 3. The maximum Gasteiger partial charge on any atom is 0.137 e. The molecule has 5 aromatic rings. The van der Waals surface area contributed by atoms with Gasteiger partial charge in [-0.3, -0.25) is 0 Å². The van der Waals surface area contributed by atoms with Crippen molar-refractivity contribution >= 4 is 10.9 Å². The maximum absolute atomic E-state index is 9.31. The molecule has 0 aliphatic carbocycles. The minimum absolute atomic E-state index is 0.0572. The number of aliphatic hydroxyl groups is 1. The fourth-order valence-corrected chi connectivity index (χ4v) is 4.32. The van der Waals surface area contributed by atoms with E-state index in [0.717, 1.165) is 60.7 Å². The summed E-state index contributed by atoms with van der Waals surface area (Å²) in [5.74, 6) is 1.99. The Balaban J connectivity index is 1.34. The van der Waals surface area contributed by atoms with Crippen LogP contribution in [0.5, 0.6) is 0 Å². The molecule has 3 aromatic heterocycles. The fraction of sp³-hybridized carbons (Fsp3) is 0.269. The molecule has 0 aliphatic heterocycles. The topological polar surface area (TPSA) is 95.4 Å². The van der Waals surface area contributed by atoms with Gasteiger partial charge < -0.3 is 19.6 Å². The molecule has 7 nitrogen and oxygen atoms in total. The monoisotopic (exact) mass is 440 g/mol. The van der Waals surface area contributed by atoms with E-state index in [-0.39, 0.29) is 6.61 Å². The molecule has 2 aromatic carbocycles. The van der Waals surface area contributed by atoms with Crippen molar-refractivity contribution in [2.24, 2.45) is 0 Å². The van der Waals surface area contributed by atoms with E-state index in [1.54, 1.807) is 6.33 Å². The summed E-state index contributed by atoms with van der Waals surface area (Å²) in [7, 11) is 0. The van der Waals surface area contributed by atoms with Gasteiger partial charge >= 0.3 is 0 Å². The minimum Gasteiger partial charge on any atom is -0.392 e. The summed E-state index contributed by atoms with van der Waals surface area (Å²) in [6, 6.07) is 16.4. The van der Waals surface area contributed by atoms with E-state index in [1.165, 1.54) is 16.5 Å². The third-order valence-corrected chi connectivity index (χ3v) is 6.13. The predicted octanol–water partition coefficient (Wildman–Crippen LogP) is 3.98. The summed E-state index contributed by atoms with van der Waals surface area (Å²) in [6.45, 7) is 0.911. The molecule has 0 spiro atoms. The zero-order valence-electron chi connectivity index (χ0n) is 18.5. The standard InChI is InChI=1S/C26H28N6O/c33-17-20-9-7-19(8-10-20)14-26-31-30-25(32(26)13-3-4-22-16-27-18-29-22)12-11-21-15-28-24-6-2-1-5-23(21)24/h1-2,5-10,15-16,18,28,33H,3-4,11-14,17H2,(H,27,29). The van der Waals surface area contributed by atoms with Crippen LogP contribution in [0.4, 0.5) is 0 Å². The molecule has 0 saturated heterocycles. The van der Waals surface area contributed by atoms with Gasteiger partial charge in [0.15, 0.2) is 0 Å². The summed E-state index contributed by atoms with van der Waals surface area (Å²) in [5.41, 5.74) is 5.62. The number of imidazole rings is 1. The number of aromatic amines is 2. The van der Waals surface area contributed by atoms with E-state index < -0.39 is 0 Å². The summed E-state index contributed by atoms with van der Waals surface area (Å²) in [5, 5.41) is 19.7. The van der Waals surface area contributed by atoms with Crippen LogP contribution in [0, 0.1) is 0 Å². The summed E-state index contributed by atoms with van der Waals surface area (Å²) < 4.78 is 2.28. The van der Waals surface area contributed by atoms with Crippen LogP contribution in [0.25, 0.3) is 10.9 Å². The Labute approximate surface area is 192 Å². The highest BCUT2D eigenvalue weighted by atomic mass is 16.3. The van der Waals surface area contributed by atoms with E-state index in [2.05, 4.69) is 72.3 Å². The summed E-state index contributed by atoms with van der Waals surface area (Å²) in [6.07, 6.45) is 10.1. The first-order chi connectivity index (χ1) is 16.3. The quantitative estimate of drug-likeness (QED) is 0.306. The highest BCUT2D eigenvalue weighted by Gasteiger charge is 2.14. The molecule has 0 aliphatic rings. The Morgan fingerprint density at radius 3 is 2.48 bits per heavy atom. The number of rotatable bonds is 10. The average molecular weight is 441 g/mol. The van der Waals surface area contributed by atoms with Gasteiger partial charge in [-0.05, 0) is 42.0 Å². The molecular formula is C26H28N6O. The molecule has 0 unspecified atom stereocenters. The number of benzene rings is 2. The number of nitrogens with zero attached hydrogens (tertiary/aromatic N) is 4. The van der Waals surface area contributed by atoms with Crippen molar-refractivity contribution in [1.82, 2.24) is 29.7 Å². The van der Waals surface area contributed by atoms with Gasteiger partial charge in [0.1, 0.15) is 11.6 Å². The molecule has 3 N–H and O–H groups in total. The second kappa shape index (κ2) is 9.83. The SMILES string of the molecule is OCc1ccc(Cc2nnc(CCc3c[nH]c4ccccc34)n2CCCc2c[nH]cn2)cc1. The number of para-hydroxylation sites is 1.